The summed E-state index contributed by atoms with van der Waals surface area (Å²) in [6, 6.07) is 3.10. The minimum atomic E-state index is -0.764. The second-order valence-electron chi connectivity index (χ2n) is 10.2. The number of rotatable bonds is 3. The molecule has 0 bridgehead atoms. The number of carbonyl (C=O) groups excluding carboxylic acids is 3. The highest BCUT2D eigenvalue weighted by Crippen LogP contribution is 2.30. The number of imidazole rings is 1. The Balaban J connectivity index is 2.47. The number of ether oxygens (including phenoxy) is 3. The van der Waals surface area contributed by atoms with E-state index in [9.17, 15) is 14.4 Å². The van der Waals surface area contributed by atoms with Crippen LogP contribution >= 0.6 is 0 Å². The summed E-state index contributed by atoms with van der Waals surface area (Å²) in [5.41, 5.74) is -1.29. The average molecular weight is 449 g/mol. The number of H-pyrrole nitrogens is 1. The third-order valence-electron chi connectivity index (χ3n) is 3.52. The van der Waals surface area contributed by atoms with E-state index in [1.807, 2.05) is 0 Å². The summed E-state index contributed by atoms with van der Waals surface area (Å²) in [4.78, 5) is 44.6. The number of anilines is 2. The number of carbonyl (C=O) groups is 3. The maximum atomic E-state index is 12.8. The van der Waals surface area contributed by atoms with Crippen molar-refractivity contribution < 1.29 is 28.6 Å². The first-order chi connectivity index (χ1) is 14.4. The van der Waals surface area contributed by atoms with E-state index in [4.69, 9.17) is 14.2 Å². The van der Waals surface area contributed by atoms with Crippen molar-refractivity contribution in [3.63, 3.8) is 0 Å². The van der Waals surface area contributed by atoms with Gasteiger partial charge in [-0.15, -0.1) is 0 Å². The van der Waals surface area contributed by atoms with Crippen LogP contribution in [0, 0.1) is 0 Å². The third kappa shape index (κ3) is 7.44. The van der Waals surface area contributed by atoms with Crippen LogP contribution in [0.5, 0.6) is 0 Å². The van der Waals surface area contributed by atoms with Crippen molar-refractivity contribution in [1.29, 1.82) is 0 Å². The van der Waals surface area contributed by atoms with Crippen LogP contribution < -0.4 is 10.6 Å². The second-order valence-corrected chi connectivity index (χ2v) is 10.2. The molecule has 10 heteroatoms. The fourth-order valence-corrected chi connectivity index (χ4v) is 2.57. The Morgan fingerprint density at radius 3 is 1.78 bits per heavy atom. The predicted octanol–water partition coefficient (Wildman–Crippen LogP) is 5.21. The van der Waals surface area contributed by atoms with Gasteiger partial charge in [0.2, 0.25) is 5.95 Å². The monoisotopic (exact) mass is 448 g/mol. The first-order valence-electron chi connectivity index (χ1n) is 10.2. The van der Waals surface area contributed by atoms with Crippen LogP contribution in [-0.2, 0) is 14.2 Å². The maximum absolute atomic E-state index is 12.8. The highest BCUT2D eigenvalue weighted by atomic mass is 16.6. The molecule has 176 valence electrons. The zero-order chi connectivity index (χ0) is 24.5. The number of aromatic nitrogens is 2. The van der Waals surface area contributed by atoms with Gasteiger partial charge in [0, 0.05) is 0 Å². The van der Waals surface area contributed by atoms with Crippen molar-refractivity contribution in [3.8, 4) is 0 Å². The van der Waals surface area contributed by atoms with Gasteiger partial charge in [-0.25, -0.2) is 19.4 Å². The number of fused-ring (bicyclic) bond motifs is 1. The van der Waals surface area contributed by atoms with E-state index in [0.717, 1.165) is 0 Å². The van der Waals surface area contributed by atoms with E-state index in [0.29, 0.717) is 5.52 Å². The van der Waals surface area contributed by atoms with E-state index >= 15 is 0 Å². The summed E-state index contributed by atoms with van der Waals surface area (Å²) in [6.45, 7) is 15.6. The van der Waals surface area contributed by atoms with E-state index in [1.165, 1.54) is 6.07 Å². The molecule has 0 aliphatic carbocycles. The highest BCUT2D eigenvalue weighted by Gasteiger charge is 2.26. The van der Waals surface area contributed by atoms with E-state index in [-0.39, 0.29) is 22.7 Å². The summed E-state index contributed by atoms with van der Waals surface area (Å²) in [7, 11) is 0. The number of hydrogen-bond acceptors (Lipinski definition) is 7. The largest absolute Gasteiger partial charge is 0.456 e. The van der Waals surface area contributed by atoms with Gasteiger partial charge in [0.1, 0.15) is 22.3 Å². The Morgan fingerprint density at radius 2 is 1.28 bits per heavy atom. The molecule has 2 amide bonds. The Hall–Kier alpha value is -3.30. The molecule has 0 atom stereocenters. The van der Waals surface area contributed by atoms with Gasteiger partial charge in [0.15, 0.2) is 0 Å². The molecule has 0 unspecified atom stereocenters. The lowest BCUT2D eigenvalue weighted by Crippen LogP contribution is -2.29. The summed E-state index contributed by atoms with van der Waals surface area (Å²) < 4.78 is 16.0. The molecule has 2 aromatic rings. The molecule has 0 aliphatic heterocycles. The minimum absolute atomic E-state index is 0.0860. The average Bonchev–Trinajstić information content (AvgIpc) is 2.92. The quantitative estimate of drug-likeness (QED) is 0.433. The van der Waals surface area contributed by atoms with Crippen molar-refractivity contribution in [2.75, 3.05) is 10.6 Å². The summed E-state index contributed by atoms with van der Waals surface area (Å²) in [5.74, 6) is -0.557. The predicted molar refractivity (Wildman–Crippen MR) is 121 cm³/mol. The molecule has 0 fully saturated rings. The molecule has 1 heterocycles. The Bertz CT molecular complexity index is 1020. The van der Waals surface area contributed by atoms with Crippen LogP contribution in [0.2, 0.25) is 0 Å². The second kappa shape index (κ2) is 8.68. The SMILES string of the molecule is CC(C)(C)OC(=O)Nc1nc2c(NC(=O)OC(C)(C)C)c(C(=O)OC(C)(C)C)ccc2[nH]1. The van der Waals surface area contributed by atoms with E-state index in [1.54, 1.807) is 68.4 Å². The van der Waals surface area contributed by atoms with Crippen LogP contribution in [0.25, 0.3) is 11.0 Å². The number of amides is 2. The summed E-state index contributed by atoms with van der Waals surface area (Å²) >= 11 is 0. The van der Waals surface area contributed by atoms with Crippen LogP contribution in [0.4, 0.5) is 21.2 Å². The lowest BCUT2D eigenvalue weighted by molar-refractivity contribution is 0.00706. The molecule has 10 nitrogen and oxygen atoms in total. The molecule has 1 aromatic carbocycles. The minimum Gasteiger partial charge on any atom is -0.456 e. The molecule has 0 saturated heterocycles. The lowest BCUT2D eigenvalue weighted by atomic mass is 10.1. The molecule has 32 heavy (non-hydrogen) atoms. The molecular weight excluding hydrogens is 416 g/mol. The lowest BCUT2D eigenvalue weighted by Gasteiger charge is -2.22. The van der Waals surface area contributed by atoms with Gasteiger partial charge in [0.05, 0.1) is 16.8 Å². The Kier molecular flexibility index (Phi) is 6.77. The van der Waals surface area contributed by atoms with Crippen LogP contribution in [0.3, 0.4) is 0 Å². The highest BCUT2D eigenvalue weighted by molar-refractivity contribution is 6.09. The molecule has 0 saturated carbocycles. The summed E-state index contributed by atoms with van der Waals surface area (Å²) in [5, 5.41) is 5.10. The standard InChI is InChI=1S/C22H32N4O6/c1-20(2,3)30-16(27)12-10-11-13-15(14(12)25-18(28)31-21(4,5)6)24-17(23-13)26-19(29)32-22(7,8)9/h10-11H,1-9H3,(H,25,28)(H2,23,24,26,29). The zero-order valence-electron chi connectivity index (χ0n) is 20.1. The molecule has 0 radical (unpaired) electrons. The smallest absolute Gasteiger partial charge is 0.414 e. The molecule has 3 N–H and O–H groups in total. The Morgan fingerprint density at radius 1 is 0.781 bits per heavy atom. The molecule has 0 spiro atoms. The van der Waals surface area contributed by atoms with Gasteiger partial charge < -0.3 is 19.2 Å². The number of aromatic amines is 1. The fraction of sp³-hybridized carbons (Fsp3) is 0.545. The first-order valence-corrected chi connectivity index (χ1v) is 10.2. The number of hydrogen-bond donors (Lipinski definition) is 3. The van der Waals surface area contributed by atoms with Gasteiger partial charge in [-0.2, -0.15) is 0 Å². The third-order valence-corrected chi connectivity index (χ3v) is 3.52. The molecular formula is C22H32N4O6. The first kappa shape index (κ1) is 25.0. The van der Waals surface area contributed by atoms with Crippen LogP contribution in [-0.4, -0.2) is 44.9 Å². The van der Waals surface area contributed by atoms with Crippen molar-refractivity contribution in [3.05, 3.63) is 17.7 Å². The van der Waals surface area contributed by atoms with Crippen molar-refractivity contribution in [2.24, 2.45) is 0 Å². The molecule has 1 aromatic heterocycles. The maximum Gasteiger partial charge on any atom is 0.414 e. The van der Waals surface area contributed by atoms with Crippen LogP contribution in [0.1, 0.15) is 72.7 Å². The van der Waals surface area contributed by atoms with Crippen molar-refractivity contribution >= 4 is 40.8 Å². The normalized spacial score (nSPS) is 12.3. The fourth-order valence-electron chi connectivity index (χ4n) is 2.57. The Labute approximate surface area is 187 Å². The number of esters is 1. The van der Waals surface area contributed by atoms with Crippen LogP contribution in [0.15, 0.2) is 12.1 Å². The molecule has 0 aliphatic rings. The van der Waals surface area contributed by atoms with E-state index in [2.05, 4.69) is 20.6 Å². The van der Waals surface area contributed by atoms with Gasteiger partial charge in [-0.05, 0) is 74.4 Å². The topological polar surface area (TPSA) is 132 Å². The number of nitrogens with zero attached hydrogens (tertiary/aromatic N) is 1. The van der Waals surface area contributed by atoms with Gasteiger partial charge in [0.25, 0.3) is 0 Å². The summed E-state index contributed by atoms with van der Waals surface area (Å²) in [6.07, 6.45) is -1.47. The van der Waals surface area contributed by atoms with E-state index < -0.39 is 35.0 Å². The van der Waals surface area contributed by atoms with Gasteiger partial charge in [-0.3, -0.25) is 10.6 Å². The van der Waals surface area contributed by atoms with Crippen molar-refractivity contribution in [2.45, 2.75) is 79.1 Å². The van der Waals surface area contributed by atoms with Crippen molar-refractivity contribution in [1.82, 2.24) is 9.97 Å². The van der Waals surface area contributed by atoms with Gasteiger partial charge >= 0.3 is 18.2 Å². The van der Waals surface area contributed by atoms with Gasteiger partial charge in [-0.1, -0.05) is 0 Å². The number of benzene rings is 1. The number of nitrogens with one attached hydrogen (secondary N) is 3. The zero-order valence-corrected chi connectivity index (χ0v) is 20.1. The molecule has 2 rings (SSSR count).